The first-order chi connectivity index (χ1) is 14.4. The van der Waals surface area contributed by atoms with Crippen molar-refractivity contribution in [2.45, 2.75) is 52.5 Å². The van der Waals surface area contributed by atoms with Gasteiger partial charge in [0.2, 0.25) is 5.91 Å². The van der Waals surface area contributed by atoms with Gasteiger partial charge in [-0.3, -0.25) is 4.79 Å². The SMILES string of the molecule is COC(=O)c1c(C(C(=O)NC(C)(C)CC(C)(C)C)C(C#N)C#N)ccc(OC)c1OC. The number of ether oxygens (including phenoxy) is 3. The van der Waals surface area contributed by atoms with E-state index in [0.29, 0.717) is 6.42 Å². The van der Waals surface area contributed by atoms with Gasteiger partial charge in [-0.05, 0) is 37.3 Å². The van der Waals surface area contributed by atoms with E-state index in [4.69, 9.17) is 14.2 Å². The van der Waals surface area contributed by atoms with Crippen molar-refractivity contribution < 1.29 is 23.8 Å². The van der Waals surface area contributed by atoms with E-state index in [1.807, 2.05) is 26.0 Å². The van der Waals surface area contributed by atoms with Gasteiger partial charge < -0.3 is 19.5 Å². The molecule has 1 rings (SSSR count). The maximum absolute atomic E-state index is 13.4. The minimum absolute atomic E-state index is 0.0615. The third-order valence-corrected chi connectivity index (χ3v) is 4.63. The number of benzene rings is 1. The summed E-state index contributed by atoms with van der Waals surface area (Å²) >= 11 is 0. The van der Waals surface area contributed by atoms with E-state index in [1.165, 1.54) is 33.5 Å². The van der Waals surface area contributed by atoms with Gasteiger partial charge in [-0.2, -0.15) is 10.5 Å². The molecule has 0 aliphatic carbocycles. The molecule has 1 amide bonds. The number of carbonyl (C=O) groups is 2. The van der Waals surface area contributed by atoms with Crippen molar-refractivity contribution >= 4 is 11.9 Å². The molecular formula is C23H31N3O5. The Morgan fingerprint density at radius 3 is 2.03 bits per heavy atom. The molecule has 0 fully saturated rings. The summed E-state index contributed by atoms with van der Waals surface area (Å²) < 4.78 is 15.5. The first-order valence-electron chi connectivity index (χ1n) is 9.80. The Morgan fingerprint density at radius 2 is 1.61 bits per heavy atom. The largest absolute Gasteiger partial charge is 0.493 e. The smallest absolute Gasteiger partial charge is 0.342 e. The van der Waals surface area contributed by atoms with Crippen LogP contribution in [0.15, 0.2) is 12.1 Å². The first-order valence-corrected chi connectivity index (χ1v) is 9.80. The van der Waals surface area contributed by atoms with Crippen molar-refractivity contribution in [3.63, 3.8) is 0 Å². The molecule has 0 radical (unpaired) electrons. The lowest BCUT2D eigenvalue weighted by molar-refractivity contribution is -0.124. The monoisotopic (exact) mass is 429 g/mol. The van der Waals surface area contributed by atoms with E-state index >= 15 is 0 Å². The lowest BCUT2D eigenvalue weighted by atomic mass is 9.80. The van der Waals surface area contributed by atoms with Crippen molar-refractivity contribution in [2.75, 3.05) is 21.3 Å². The van der Waals surface area contributed by atoms with E-state index in [2.05, 4.69) is 26.1 Å². The van der Waals surface area contributed by atoms with Crippen molar-refractivity contribution in [3.8, 4) is 23.6 Å². The summed E-state index contributed by atoms with van der Waals surface area (Å²) in [6, 6.07) is 6.74. The minimum atomic E-state index is -1.34. The Bertz CT molecular complexity index is 890. The third kappa shape index (κ3) is 6.36. The summed E-state index contributed by atoms with van der Waals surface area (Å²) in [6.45, 7) is 9.90. The number of carbonyl (C=O) groups excluding carboxylic acids is 2. The fraction of sp³-hybridized carbons (Fsp3) is 0.565. The fourth-order valence-electron chi connectivity index (χ4n) is 3.95. The van der Waals surface area contributed by atoms with Crippen molar-refractivity contribution in [1.82, 2.24) is 5.32 Å². The molecule has 8 heteroatoms. The Kier molecular flexibility index (Phi) is 8.46. The Hall–Kier alpha value is -3.26. The van der Waals surface area contributed by atoms with Crippen LogP contribution >= 0.6 is 0 Å². The summed E-state index contributed by atoms with van der Waals surface area (Å²) in [6.07, 6.45) is 0.651. The molecule has 168 valence electrons. The molecule has 0 bridgehead atoms. The highest BCUT2D eigenvalue weighted by atomic mass is 16.5. The summed E-state index contributed by atoms with van der Waals surface area (Å²) in [7, 11) is 3.95. The highest BCUT2D eigenvalue weighted by Crippen LogP contribution is 2.39. The first kappa shape index (κ1) is 25.8. The molecule has 1 unspecified atom stereocenters. The van der Waals surface area contributed by atoms with Gasteiger partial charge in [0.25, 0.3) is 0 Å². The van der Waals surface area contributed by atoms with E-state index in [9.17, 15) is 20.1 Å². The number of esters is 1. The molecule has 0 aromatic heterocycles. The van der Waals surface area contributed by atoms with Crippen LogP contribution in [0.4, 0.5) is 0 Å². The summed E-state index contributed by atoms with van der Waals surface area (Å²) in [5.74, 6) is -3.58. The predicted octanol–water partition coefficient (Wildman–Crippen LogP) is 3.57. The zero-order valence-corrected chi connectivity index (χ0v) is 19.5. The second kappa shape index (κ2) is 10.2. The standard InChI is InChI=1S/C23H31N3O5/c1-22(2,3)13-23(4,5)26-20(27)17(14(11-24)12-25)15-9-10-16(29-6)19(30-7)18(15)21(28)31-8/h9-10,14,17H,13H2,1-8H3,(H,26,27). The number of rotatable bonds is 8. The van der Waals surface area contributed by atoms with Gasteiger partial charge >= 0.3 is 5.97 Å². The zero-order valence-electron chi connectivity index (χ0n) is 19.5. The van der Waals surface area contributed by atoms with Crippen LogP contribution in [0.5, 0.6) is 11.5 Å². The van der Waals surface area contributed by atoms with E-state index in [-0.39, 0.29) is 28.0 Å². The molecule has 8 nitrogen and oxygen atoms in total. The number of methoxy groups -OCH3 is 3. The topological polar surface area (TPSA) is 121 Å². The molecule has 0 saturated carbocycles. The number of hydrogen-bond donors (Lipinski definition) is 1. The van der Waals surface area contributed by atoms with Gasteiger partial charge in [0.15, 0.2) is 11.5 Å². The van der Waals surface area contributed by atoms with Gasteiger partial charge in [0.05, 0.1) is 39.4 Å². The van der Waals surface area contributed by atoms with Crippen LogP contribution in [0.1, 0.15) is 62.9 Å². The Morgan fingerprint density at radius 1 is 1.03 bits per heavy atom. The van der Waals surface area contributed by atoms with E-state index in [0.717, 1.165) is 0 Å². The predicted molar refractivity (Wildman–Crippen MR) is 115 cm³/mol. The highest BCUT2D eigenvalue weighted by molar-refractivity contribution is 5.98. The van der Waals surface area contributed by atoms with Crippen LogP contribution < -0.4 is 14.8 Å². The van der Waals surface area contributed by atoms with E-state index < -0.39 is 29.3 Å². The normalized spacial score (nSPS) is 12.4. The number of nitriles is 2. The van der Waals surface area contributed by atoms with E-state index in [1.54, 1.807) is 0 Å². The van der Waals surface area contributed by atoms with Crippen molar-refractivity contribution in [2.24, 2.45) is 11.3 Å². The average molecular weight is 430 g/mol. The summed E-state index contributed by atoms with van der Waals surface area (Å²) in [5, 5.41) is 22.1. The van der Waals surface area contributed by atoms with Crippen LogP contribution in [0.3, 0.4) is 0 Å². The van der Waals surface area contributed by atoms with Crippen molar-refractivity contribution in [1.29, 1.82) is 10.5 Å². The summed E-state index contributed by atoms with van der Waals surface area (Å²) in [5.41, 5.74) is -0.600. The number of nitrogens with one attached hydrogen (secondary N) is 1. The molecular weight excluding hydrogens is 398 g/mol. The molecule has 1 N–H and O–H groups in total. The molecule has 1 aromatic carbocycles. The highest BCUT2D eigenvalue weighted by Gasteiger charge is 2.38. The average Bonchev–Trinajstić information content (AvgIpc) is 2.67. The molecule has 1 aromatic rings. The number of amides is 1. The Labute approximate surface area is 184 Å². The molecule has 1 atom stereocenters. The number of hydrogen-bond acceptors (Lipinski definition) is 7. The molecule has 0 aliphatic rings. The van der Waals surface area contributed by atoms with Gasteiger partial charge in [0.1, 0.15) is 11.5 Å². The molecule has 0 spiro atoms. The van der Waals surface area contributed by atoms with Gasteiger partial charge in [-0.1, -0.05) is 26.8 Å². The maximum Gasteiger partial charge on any atom is 0.342 e. The lowest BCUT2D eigenvalue weighted by Gasteiger charge is -2.35. The zero-order chi connectivity index (χ0) is 24.0. The molecule has 0 saturated heterocycles. The molecule has 0 aliphatic heterocycles. The quantitative estimate of drug-likeness (QED) is 0.627. The van der Waals surface area contributed by atoms with Crippen LogP contribution in [-0.2, 0) is 9.53 Å². The second-order valence-electron chi connectivity index (χ2n) is 9.08. The van der Waals surface area contributed by atoms with Crippen LogP contribution in [0, 0.1) is 34.0 Å². The van der Waals surface area contributed by atoms with Crippen LogP contribution in [-0.4, -0.2) is 38.7 Å². The minimum Gasteiger partial charge on any atom is -0.493 e. The van der Waals surface area contributed by atoms with Gasteiger partial charge in [-0.15, -0.1) is 0 Å². The number of nitrogens with zero attached hydrogens (tertiary/aromatic N) is 2. The fourth-order valence-corrected chi connectivity index (χ4v) is 3.95. The molecule has 31 heavy (non-hydrogen) atoms. The second-order valence-corrected chi connectivity index (χ2v) is 9.08. The third-order valence-electron chi connectivity index (χ3n) is 4.63. The van der Waals surface area contributed by atoms with Gasteiger partial charge in [-0.25, -0.2) is 4.79 Å². The van der Waals surface area contributed by atoms with Crippen LogP contribution in [0.25, 0.3) is 0 Å². The van der Waals surface area contributed by atoms with Crippen molar-refractivity contribution in [3.05, 3.63) is 23.3 Å². The lowest BCUT2D eigenvalue weighted by Crippen LogP contribution is -2.48. The maximum atomic E-state index is 13.4. The Balaban J connectivity index is 3.68. The molecule has 0 heterocycles. The summed E-state index contributed by atoms with van der Waals surface area (Å²) in [4.78, 5) is 26.0. The van der Waals surface area contributed by atoms with Gasteiger partial charge in [0, 0.05) is 5.54 Å². The van der Waals surface area contributed by atoms with Crippen LogP contribution in [0.2, 0.25) is 0 Å².